The molecule has 0 radical (unpaired) electrons. The van der Waals surface area contributed by atoms with Gasteiger partial charge in [0.15, 0.2) is 23.3 Å². The Hall–Kier alpha value is -2.29. The fraction of sp³-hybridized carbons (Fsp3) is 0.556. The van der Waals surface area contributed by atoms with E-state index in [1.165, 1.54) is 11.8 Å². The number of nitrogens with zero attached hydrogens (tertiary/aromatic N) is 4. The van der Waals surface area contributed by atoms with Crippen LogP contribution in [0.4, 0.5) is 0 Å². The molecule has 146 valence electrons. The second-order valence-corrected chi connectivity index (χ2v) is 7.51. The highest BCUT2D eigenvalue weighted by atomic mass is 32.2. The van der Waals surface area contributed by atoms with Gasteiger partial charge in [0.2, 0.25) is 0 Å². The van der Waals surface area contributed by atoms with E-state index in [9.17, 15) is 9.59 Å². The summed E-state index contributed by atoms with van der Waals surface area (Å²) in [7, 11) is 0. The predicted octanol–water partition coefficient (Wildman–Crippen LogP) is 2.45. The minimum atomic E-state index is -0.441. The molecule has 1 saturated heterocycles. The van der Waals surface area contributed by atoms with Crippen LogP contribution in [0.2, 0.25) is 0 Å². The Morgan fingerprint density at radius 1 is 1.41 bits per heavy atom. The van der Waals surface area contributed by atoms with Crippen LogP contribution in [0.1, 0.15) is 26.7 Å². The zero-order valence-corrected chi connectivity index (χ0v) is 16.4. The van der Waals surface area contributed by atoms with E-state index in [0.29, 0.717) is 29.2 Å². The van der Waals surface area contributed by atoms with Crippen molar-refractivity contribution in [1.82, 2.24) is 19.7 Å². The van der Waals surface area contributed by atoms with Crippen LogP contribution >= 0.6 is 11.8 Å². The third kappa shape index (κ3) is 4.91. The normalized spacial score (nSPS) is 17.1. The lowest BCUT2D eigenvalue weighted by Gasteiger charge is -2.30. The summed E-state index contributed by atoms with van der Waals surface area (Å²) in [5, 5.41) is 8.87. The maximum absolute atomic E-state index is 12.2. The summed E-state index contributed by atoms with van der Waals surface area (Å²) in [6.45, 7) is 6.01. The van der Waals surface area contributed by atoms with Gasteiger partial charge in [-0.1, -0.05) is 18.7 Å². The van der Waals surface area contributed by atoms with Crippen molar-refractivity contribution >= 4 is 23.6 Å². The predicted molar refractivity (Wildman–Crippen MR) is 100 cm³/mol. The third-order valence-electron chi connectivity index (χ3n) is 4.46. The first-order chi connectivity index (χ1) is 13.1. The number of carbonyl (C=O) groups excluding carboxylic acids is 2. The van der Waals surface area contributed by atoms with E-state index in [2.05, 4.69) is 17.1 Å². The second-order valence-electron chi connectivity index (χ2n) is 6.56. The molecule has 1 aliphatic rings. The molecule has 1 atom stereocenters. The maximum atomic E-state index is 12.2. The number of amides is 1. The van der Waals surface area contributed by atoms with E-state index < -0.39 is 5.97 Å². The van der Waals surface area contributed by atoms with E-state index in [1.807, 2.05) is 17.6 Å². The summed E-state index contributed by atoms with van der Waals surface area (Å²) >= 11 is 1.23. The first-order valence-corrected chi connectivity index (χ1v) is 10.1. The van der Waals surface area contributed by atoms with Crippen LogP contribution in [-0.4, -0.2) is 57.0 Å². The van der Waals surface area contributed by atoms with Gasteiger partial charge in [0.1, 0.15) is 0 Å². The number of rotatable bonds is 7. The van der Waals surface area contributed by atoms with Crippen molar-refractivity contribution in [3.8, 4) is 11.6 Å². The zero-order chi connectivity index (χ0) is 19.2. The summed E-state index contributed by atoms with van der Waals surface area (Å²) < 4.78 is 12.4. The molecule has 3 rings (SSSR count). The molecule has 0 saturated carbocycles. The molecule has 9 heteroatoms. The Kier molecular flexibility index (Phi) is 6.54. The van der Waals surface area contributed by atoms with Crippen LogP contribution in [-0.2, 0) is 20.9 Å². The van der Waals surface area contributed by atoms with Crippen molar-refractivity contribution in [3.05, 3.63) is 18.4 Å². The van der Waals surface area contributed by atoms with Crippen LogP contribution < -0.4 is 0 Å². The molecule has 2 aromatic heterocycles. The van der Waals surface area contributed by atoms with Gasteiger partial charge in [-0.3, -0.25) is 14.2 Å². The molecule has 1 fully saturated rings. The molecular formula is C18H24N4O4S. The first kappa shape index (κ1) is 19.5. The highest BCUT2D eigenvalue weighted by Crippen LogP contribution is 2.24. The van der Waals surface area contributed by atoms with Gasteiger partial charge in [-0.25, -0.2) is 0 Å². The molecule has 1 aliphatic heterocycles. The number of esters is 1. The fourth-order valence-electron chi connectivity index (χ4n) is 3.08. The second kappa shape index (κ2) is 9.07. The number of ether oxygens (including phenoxy) is 1. The largest absolute Gasteiger partial charge is 0.461 e. The van der Waals surface area contributed by atoms with Crippen molar-refractivity contribution in [2.45, 2.75) is 38.4 Å². The molecule has 2 aromatic rings. The lowest BCUT2D eigenvalue weighted by Crippen LogP contribution is -2.41. The van der Waals surface area contributed by atoms with Gasteiger partial charge in [0.05, 0.1) is 12.0 Å². The molecule has 8 nitrogen and oxygen atoms in total. The van der Waals surface area contributed by atoms with Crippen molar-refractivity contribution in [1.29, 1.82) is 0 Å². The Morgan fingerprint density at radius 3 is 2.96 bits per heavy atom. The number of hydrogen-bond donors (Lipinski definition) is 0. The number of thioether (sulfide) groups is 1. The molecular weight excluding hydrogens is 368 g/mol. The average molecular weight is 392 g/mol. The molecule has 0 N–H and O–H groups in total. The zero-order valence-electron chi connectivity index (χ0n) is 15.6. The van der Waals surface area contributed by atoms with E-state index >= 15 is 0 Å². The van der Waals surface area contributed by atoms with E-state index in [1.54, 1.807) is 17.2 Å². The third-order valence-corrected chi connectivity index (χ3v) is 5.40. The molecule has 27 heavy (non-hydrogen) atoms. The number of aromatic nitrogens is 3. The van der Waals surface area contributed by atoms with Crippen LogP contribution in [0.3, 0.4) is 0 Å². The average Bonchev–Trinajstić information content (AvgIpc) is 3.33. The quantitative estimate of drug-likeness (QED) is 0.528. The highest BCUT2D eigenvalue weighted by molar-refractivity contribution is 7.99. The minimum Gasteiger partial charge on any atom is -0.461 e. The lowest BCUT2D eigenvalue weighted by molar-refractivity contribution is -0.150. The van der Waals surface area contributed by atoms with E-state index in [0.717, 1.165) is 25.9 Å². The van der Waals surface area contributed by atoms with Crippen molar-refractivity contribution in [3.63, 3.8) is 0 Å². The summed E-state index contributed by atoms with van der Waals surface area (Å²) in [6, 6.07) is 3.60. The Labute approximate surface area is 162 Å². The van der Waals surface area contributed by atoms with Gasteiger partial charge in [-0.2, -0.15) is 0 Å². The Bertz CT molecular complexity index is 774. The van der Waals surface area contributed by atoms with Gasteiger partial charge < -0.3 is 14.1 Å². The van der Waals surface area contributed by atoms with Crippen LogP contribution in [0.15, 0.2) is 28.0 Å². The fourth-order valence-corrected chi connectivity index (χ4v) is 3.88. The summed E-state index contributed by atoms with van der Waals surface area (Å²) in [6.07, 6.45) is 3.72. The first-order valence-electron chi connectivity index (χ1n) is 9.11. The molecule has 0 aromatic carbocycles. The molecule has 0 unspecified atom stereocenters. The Morgan fingerprint density at radius 2 is 2.26 bits per heavy atom. The standard InChI is InChI=1S/C18H24N4O4S/c1-3-22-17(14-7-5-9-25-14)19-20-18(22)27-12-16(24)26-11-15(23)21-8-4-6-13(2)10-21/h5,7,9,13H,3-4,6,8,10-12H2,1-2H3/t13-/m1/s1. The topological polar surface area (TPSA) is 90.5 Å². The number of likely N-dealkylation sites (tertiary alicyclic amines) is 1. The summed E-state index contributed by atoms with van der Waals surface area (Å²) in [4.78, 5) is 26.0. The van der Waals surface area contributed by atoms with E-state index in [4.69, 9.17) is 9.15 Å². The molecule has 0 bridgehead atoms. The number of carbonyl (C=O) groups is 2. The molecule has 0 spiro atoms. The monoisotopic (exact) mass is 392 g/mol. The Balaban J connectivity index is 1.49. The smallest absolute Gasteiger partial charge is 0.316 e. The highest BCUT2D eigenvalue weighted by Gasteiger charge is 2.22. The minimum absolute atomic E-state index is 0.0694. The lowest BCUT2D eigenvalue weighted by atomic mass is 10.0. The summed E-state index contributed by atoms with van der Waals surface area (Å²) in [5.41, 5.74) is 0. The maximum Gasteiger partial charge on any atom is 0.316 e. The van der Waals surface area contributed by atoms with Gasteiger partial charge in [-0.15, -0.1) is 10.2 Å². The van der Waals surface area contributed by atoms with Crippen molar-refractivity contribution in [2.24, 2.45) is 5.92 Å². The molecule has 1 amide bonds. The van der Waals surface area contributed by atoms with Crippen molar-refractivity contribution in [2.75, 3.05) is 25.4 Å². The van der Waals surface area contributed by atoms with Crippen LogP contribution in [0, 0.1) is 5.92 Å². The summed E-state index contributed by atoms with van der Waals surface area (Å²) in [5.74, 6) is 1.24. The number of furan rings is 1. The molecule has 3 heterocycles. The number of piperidine rings is 1. The van der Waals surface area contributed by atoms with Gasteiger partial charge in [0.25, 0.3) is 5.91 Å². The van der Waals surface area contributed by atoms with Gasteiger partial charge in [-0.05, 0) is 37.8 Å². The van der Waals surface area contributed by atoms with Crippen molar-refractivity contribution < 1.29 is 18.7 Å². The van der Waals surface area contributed by atoms with Gasteiger partial charge in [0, 0.05) is 19.6 Å². The number of hydrogen-bond acceptors (Lipinski definition) is 7. The van der Waals surface area contributed by atoms with Crippen LogP contribution in [0.5, 0.6) is 0 Å². The van der Waals surface area contributed by atoms with E-state index in [-0.39, 0.29) is 18.3 Å². The van der Waals surface area contributed by atoms with Crippen LogP contribution in [0.25, 0.3) is 11.6 Å². The molecule has 0 aliphatic carbocycles. The SMILES string of the molecule is CCn1c(SCC(=O)OCC(=O)N2CCC[C@@H](C)C2)nnc1-c1ccco1. The van der Waals surface area contributed by atoms with Gasteiger partial charge >= 0.3 is 5.97 Å².